The summed E-state index contributed by atoms with van der Waals surface area (Å²) in [5.74, 6) is -0.250. The van der Waals surface area contributed by atoms with E-state index in [4.69, 9.17) is 0 Å². The van der Waals surface area contributed by atoms with Gasteiger partial charge in [0.15, 0.2) is 0 Å². The average Bonchev–Trinajstić information content (AvgIpc) is 3.27. The topological polar surface area (TPSA) is 69.7 Å². The number of hydrogen-bond donors (Lipinski definition) is 1. The van der Waals surface area contributed by atoms with Crippen molar-refractivity contribution in [1.82, 2.24) is 5.32 Å². The zero-order chi connectivity index (χ0) is 23.2. The molecular formula is C26H29N3O3S. The molecule has 2 fully saturated rings. The standard InChI is InChI=1S/C26H29N3O3S/c1-17-12-13-20(14-18(17)2)29-24(31)16-33-26(29)21-10-6-7-11-22(21)28(25(26)32)15-23(30)27-19-8-4-3-5-9-19/h6-7,10-14,19H,3-5,8-9,15-16H2,1-2H3,(H,27,30)/t26-/m0/s1. The van der Waals surface area contributed by atoms with E-state index in [2.05, 4.69) is 5.32 Å². The molecule has 0 bridgehead atoms. The van der Waals surface area contributed by atoms with Crippen LogP contribution in [0.25, 0.3) is 0 Å². The SMILES string of the molecule is Cc1ccc(N2C(=O)CS[C@@]23C(=O)N(CC(=O)NC2CCCCC2)c2ccccc23)cc1C. The number of para-hydroxylation sites is 1. The van der Waals surface area contributed by atoms with E-state index in [9.17, 15) is 14.4 Å². The zero-order valence-electron chi connectivity index (χ0n) is 19.1. The first-order valence-electron chi connectivity index (χ1n) is 11.7. The molecule has 6 nitrogen and oxygen atoms in total. The summed E-state index contributed by atoms with van der Waals surface area (Å²) in [5, 5.41) is 3.12. The fraction of sp³-hybridized carbons (Fsp3) is 0.423. The third-order valence-electron chi connectivity index (χ3n) is 7.08. The third-order valence-corrected chi connectivity index (χ3v) is 8.47. The van der Waals surface area contributed by atoms with Crippen LogP contribution in [-0.4, -0.2) is 36.1 Å². The molecule has 1 aliphatic carbocycles. The lowest BCUT2D eigenvalue weighted by molar-refractivity contribution is -0.126. The number of carbonyl (C=O) groups is 3. The van der Waals surface area contributed by atoms with E-state index in [0.29, 0.717) is 11.4 Å². The molecule has 1 spiro atoms. The molecule has 1 atom stereocenters. The van der Waals surface area contributed by atoms with Gasteiger partial charge in [0, 0.05) is 17.3 Å². The smallest absolute Gasteiger partial charge is 0.269 e. The highest BCUT2D eigenvalue weighted by Gasteiger charge is 2.61. The molecule has 5 rings (SSSR count). The first-order chi connectivity index (χ1) is 15.9. The Labute approximate surface area is 198 Å². The van der Waals surface area contributed by atoms with E-state index in [0.717, 1.165) is 42.4 Å². The summed E-state index contributed by atoms with van der Waals surface area (Å²) in [5.41, 5.74) is 4.39. The van der Waals surface area contributed by atoms with Crippen LogP contribution in [0.5, 0.6) is 0 Å². The van der Waals surface area contributed by atoms with Crippen LogP contribution in [0, 0.1) is 13.8 Å². The maximum Gasteiger partial charge on any atom is 0.269 e. The summed E-state index contributed by atoms with van der Waals surface area (Å²) in [7, 11) is 0. The molecule has 2 aromatic rings. The lowest BCUT2D eigenvalue weighted by Crippen LogP contribution is -2.52. The Bertz CT molecular complexity index is 1130. The molecule has 3 amide bonds. The first-order valence-corrected chi connectivity index (χ1v) is 12.7. The average molecular weight is 464 g/mol. The van der Waals surface area contributed by atoms with Crippen molar-refractivity contribution >= 4 is 40.9 Å². The van der Waals surface area contributed by atoms with Crippen molar-refractivity contribution < 1.29 is 14.4 Å². The van der Waals surface area contributed by atoms with Gasteiger partial charge in [-0.15, -0.1) is 11.8 Å². The molecule has 2 heterocycles. The fourth-order valence-electron chi connectivity index (χ4n) is 5.24. The third kappa shape index (κ3) is 3.62. The van der Waals surface area contributed by atoms with Gasteiger partial charge in [-0.1, -0.05) is 43.5 Å². The molecule has 7 heteroatoms. The first kappa shape index (κ1) is 22.0. The Morgan fingerprint density at radius 1 is 1.06 bits per heavy atom. The summed E-state index contributed by atoms with van der Waals surface area (Å²) in [6, 6.07) is 13.6. The minimum Gasteiger partial charge on any atom is -0.352 e. The number of amides is 3. The van der Waals surface area contributed by atoms with Crippen molar-refractivity contribution in [2.45, 2.75) is 56.9 Å². The Morgan fingerprint density at radius 3 is 2.58 bits per heavy atom. The number of thioether (sulfide) groups is 1. The van der Waals surface area contributed by atoms with E-state index in [1.165, 1.54) is 18.2 Å². The Hall–Kier alpha value is -2.80. The molecule has 172 valence electrons. The van der Waals surface area contributed by atoms with Crippen LogP contribution in [0.4, 0.5) is 11.4 Å². The fourth-order valence-corrected chi connectivity index (χ4v) is 6.60. The van der Waals surface area contributed by atoms with Crippen molar-refractivity contribution in [2.75, 3.05) is 22.1 Å². The van der Waals surface area contributed by atoms with Gasteiger partial charge in [-0.3, -0.25) is 24.2 Å². The number of hydrogen-bond acceptors (Lipinski definition) is 4. The van der Waals surface area contributed by atoms with Gasteiger partial charge in [0.2, 0.25) is 16.7 Å². The number of nitrogens with one attached hydrogen (secondary N) is 1. The van der Waals surface area contributed by atoms with E-state index >= 15 is 0 Å². The molecule has 1 saturated carbocycles. The minimum atomic E-state index is -1.18. The maximum absolute atomic E-state index is 14.0. The zero-order valence-corrected chi connectivity index (χ0v) is 19.9. The summed E-state index contributed by atoms with van der Waals surface area (Å²) in [6.45, 7) is 3.99. The predicted octanol–water partition coefficient (Wildman–Crippen LogP) is 4.03. The molecule has 33 heavy (non-hydrogen) atoms. The molecule has 0 radical (unpaired) electrons. The highest BCUT2D eigenvalue weighted by Crippen LogP contribution is 2.55. The molecule has 1 N–H and O–H groups in total. The van der Waals surface area contributed by atoms with Gasteiger partial charge in [-0.25, -0.2) is 0 Å². The van der Waals surface area contributed by atoms with E-state index < -0.39 is 4.87 Å². The largest absolute Gasteiger partial charge is 0.352 e. The number of carbonyl (C=O) groups excluding carboxylic acids is 3. The Kier molecular flexibility index (Phi) is 5.69. The second-order valence-electron chi connectivity index (χ2n) is 9.24. The van der Waals surface area contributed by atoms with E-state index in [1.54, 1.807) is 9.80 Å². The molecule has 0 aromatic heterocycles. The van der Waals surface area contributed by atoms with Crippen LogP contribution in [0.15, 0.2) is 42.5 Å². The van der Waals surface area contributed by atoms with Crippen LogP contribution in [-0.2, 0) is 19.3 Å². The van der Waals surface area contributed by atoms with E-state index in [1.807, 2.05) is 56.3 Å². The summed E-state index contributed by atoms with van der Waals surface area (Å²) < 4.78 is 0. The molecule has 2 aromatic carbocycles. The molecule has 0 unspecified atom stereocenters. The van der Waals surface area contributed by atoms with Crippen LogP contribution in [0.2, 0.25) is 0 Å². The van der Waals surface area contributed by atoms with Crippen molar-refractivity contribution in [1.29, 1.82) is 0 Å². The van der Waals surface area contributed by atoms with Gasteiger partial charge < -0.3 is 5.32 Å². The van der Waals surface area contributed by atoms with Gasteiger partial charge in [0.05, 0.1) is 11.4 Å². The monoisotopic (exact) mass is 463 g/mol. The van der Waals surface area contributed by atoms with Crippen LogP contribution in [0.3, 0.4) is 0 Å². The normalized spacial score (nSPS) is 22.8. The maximum atomic E-state index is 14.0. The van der Waals surface area contributed by atoms with Gasteiger partial charge in [0.1, 0.15) is 6.54 Å². The number of anilines is 2. The molecule has 3 aliphatic rings. The van der Waals surface area contributed by atoms with Crippen LogP contribution in [0.1, 0.15) is 48.8 Å². The van der Waals surface area contributed by atoms with Gasteiger partial charge in [0.25, 0.3) is 5.91 Å². The quantitative estimate of drug-likeness (QED) is 0.743. The van der Waals surface area contributed by atoms with Gasteiger partial charge in [-0.05, 0) is 56.0 Å². The predicted molar refractivity (Wildman–Crippen MR) is 131 cm³/mol. The van der Waals surface area contributed by atoms with Crippen molar-refractivity contribution in [3.63, 3.8) is 0 Å². The lowest BCUT2D eigenvalue weighted by Gasteiger charge is -2.33. The molecular weight excluding hydrogens is 434 g/mol. The summed E-state index contributed by atoms with van der Waals surface area (Å²) in [6.07, 6.45) is 5.45. The number of benzene rings is 2. The lowest BCUT2D eigenvalue weighted by atomic mass is 9.95. The molecule has 1 saturated heterocycles. The summed E-state index contributed by atoms with van der Waals surface area (Å²) >= 11 is 1.34. The highest BCUT2D eigenvalue weighted by atomic mass is 32.2. The van der Waals surface area contributed by atoms with Crippen molar-refractivity contribution in [3.05, 3.63) is 59.2 Å². The number of aryl methyl sites for hydroxylation is 2. The highest BCUT2D eigenvalue weighted by molar-refractivity contribution is 8.02. The number of fused-ring (bicyclic) bond motifs is 2. The van der Waals surface area contributed by atoms with Crippen LogP contribution >= 0.6 is 11.8 Å². The summed E-state index contributed by atoms with van der Waals surface area (Å²) in [4.78, 5) is 42.1. The second-order valence-corrected chi connectivity index (χ2v) is 10.4. The molecule has 2 aliphatic heterocycles. The second kappa shape index (κ2) is 8.52. The van der Waals surface area contributed by atoms with E-state index in [-0.39, 0.29) is 36.1 Å². The van der Waals surface area contributed by atoms with Gasteiger partial charge in [-0.2, -0.15) is 0 Å². The minimum absolute atomic E-state index is 0.0381. The Balaban J connectivity index is 1.50. The van der Waals surface area contributed by atoms with Crippen LogP contribution < -0.4 is 15.1 Å². The van der Waals surface area contributed by atoms with Gasteiger partial charge >= 0.3 is 0 Å². The van der Waals surface area contributed by atoms with Crippen molar-refractivity contribution in [3.8, 4) is 0 Å². The number of nitrogens with zero attached hydrogens (tertiary/aromatic N) is 2. The number of rotatable bonds is 4. The Morgan fingerprint density at radius 2 is 1.82 bits per heavy atom. The van der Waals surface area contributed by atoms with Crippen molar-refractivity contribution in [2.24, 2.45) is 0 Å².